The maximum atomic E-state index is 13.2. The Morgan fingerprint density at radius 1 is 1.26 bits per heavy atom. The number of aliphatic hydroxyl groups excluding tert-OH is 3. The average Bonchev–Trinajstić information content (AvgIpc) is 3.26. The highest BCUT2D eigenvalue weighted by molar-refractivity contribution is 7.09. The van der Waals surface area contributed by atoms with E-state index in [2.05, 4.69) is 4.98 Å². The zero-order valence-corrected chi connectivity index (χ0v) is 22.3. The van der Waals surface area contributed by atoms with Crippen molar-refractivity contribution in [2.75, 3.05) is 0 Å². The number of thiazole rings is 1. The van der Waals surface area contributed by atoms with Crippen LogP contribution < -0.4 is 0 Å². The number of esters is 1. The van der Waals surface area contributed by atoms with Crippen LogP contribution in [0.4, 0.5) is 0 Å². The van der Waals surface area contributed by atoms with Crippen molar-refractivity contribution >= 4 is 29.2 Å². The molecule has 0 fully saturated rings. The molecule has 1 aromatic heterocycles. The molecule has 35 heavy (non-hydrogen) atoms. The van der Waals surface area contributed by atoms with Gasteiger partial charge < -0.3 is 20.1 Å². The number of carbonyl (C=O) groups excluding carboxylic acids is 2. The quantitative estimate of drug-likeness (QED) is 0.527. The molecule has 5 atom stereocenters. The molecule has 2 heterocycles. The van der Waals surface area contributed by atoms with E-state index in [-0.39, 0.29) is 24.7 Å². The first kappa shape index (κ1) is 29.1. The van der Waals surface area contributed by atoms with E-state index < -0.39 is 35.6 Å². The average molecular weight is 506 g/mol. The molecule has 3 N–H and O–H groups in total. The van der Waals surface area contributed by atoms with Crippen molar-refractivity contribution in [2.45, 2.75) is 85.7 Å². The molecule has 1 aliphatic heterocycles. The van der Waals surface area contributed by atoms with Crippen LogP contribution in [0.3, 0.4) is 0 Å². The van der Waals surface area contributed by atoms with E-state index in [1.165, 1.54) is 11.3 Å². The van der Waals surface area contributed by atoms with Gasteiger partial charge in [-0.15, -0.1) is 11.3 Å². The van der Waals surface area contributed by atoms with E-state index in [1.54, 1.807) is 20.8 Å². The number of Topliss-reactive ketones (excluding diaryl/α,β-unsaturated/α-hetero) is 1. The number of cyclic esters (lactones) is 1. The highest BCUT2D eigenvalue weighted by Gasteiger charge is 2.42. The Hall–Kier alpha value is -2.13. The third kappa shape index (κ3) is 7.93. The number of aliphatic hydroxyl groups is 3. The fourth-order valence-corrected chi connectivity index (χ4v) is 4.72. The van der Waals surface area contributed by atoms with Crippen LogP contribution in [-0.2, 0) is 20.9 Å². The number of rotatable bonds is 3. The van der Waals surface area contributed by atoms with Crippen LogP contribution in [0.2, 0.25) is 0 Å². The maximum Gasteiger partial charge on any atom is 0.309 e. The second-order valence-electron chi connectivity index (χ2n) is 10.1. The highest BCUT2D eigenvalue weighted by atomic mass is 32.1. The summed E-state index contributed by atoms with van der Waals surface area (Å²) in [6.45, 7) is 10.4. The number of ketones is 1. The standard InChI is InChI=1S/C27H39NO6S/c1-16-8-7-9-17(2)25(32)19(4)26(33)27(5,6)22(30)13-24(31)34-21(11-10-16)18(3)12-20-15-35-23(14-29)28-20/h7-8,10,12,15,17,19,21-22,25,29-30,32H,9,11,13-14H2,1-6H3/b8-7?,16-10?,18-12+/t17-,19+,21-,22-,25-/m0/s1. The summed E-state index contributed by atoms with van der Waals surface area (Å²) in [5.74, 6) is -1.74. The van der Waals surface area contributed by atoms with Gasteiger partial charge >= 0.3 is 5.97 Å². The van der Waals surface area contributed by atoms with Gasteiger partial charge in [0.1, 0.15) is 16.9 Å². The Balaban J connectivity index is 2.37. The molecule has 0 unspecified atom stereocenters. The lowest BCUT2D eigenvalue weighted by Crippen LogP contribution is -2.45. The molecule has 194 valence electrons. The lowest BCUT2D eigenvalue weighted by atomic mass is 9.73. The molecular weight excluding hydrogens is 466 g/mol. The molecule has 0 saturated heterocycles. The molecule has 0 amide bonds. The summed E-state index contributed by atoms with van der Waals surface area (Å²) in [4.78, 5) is 30.3. The first-order valence-corrected chi connectivity index (χ1v) is 12.9. The van der Waals surface area contributed by atoms with Crippen LogP contribution in [-0.4, -0.2) is 50.4 Å². The van der Waals surface area contributed by atoms with Crippen LogP contribution in [0.1, 0.15) is 71.5 Å². The van der Waals surface area contributed by atoms with Crippen LogP contribution in [0.15, 0.2) is 34.8 Å². The number of allylic oxidation sites excluding steroid dienone is 3. The molecular formula is C27H39NO6S. The van der Waals surface area contributed by atoms with Crippen molar-refractivity contribution in [3.8, 4) is 0 Å². The molecule has 1 aromatic rings. The monoisotopic (exact) mass is 505 g/mol. The number of hydrogen-bond donors (Lipinski definition) is 3. The Labute approximate surface area is 212 Å². The predicted molar refractivity (Wildman–Crippen MR) is 137 cm³/mol. The van der Waals surface area contributed by atoms with Gasteiger partial charge in [-0.05, 0) is 37.8 Å². The summed E-state index contributed by atoms with van der Waals surface area (Å²) >= 11 is 1.35. The summed E-state index contributed by atoms with van der Waals surface area (Å²) in [5.41, 5.74) is 1.20. The van der Waals surface area contributed by atoms with E-state index >= 15 is 0 Å². The molecule has 0 spiro atoms. The van der Waals surface area contributed by atoms with E-state index in [0.717, 1.165) is 11.1 Å². The smallest absolute Gasteiger partial charge is 0.309 e. The second-order valence-corrected chi connectivity index (χ2v) is 11.0. The van der Waals surface area contributed by atoms with Gasteiger partial charge in [0.05, 0.1) is 36.3 Å². The summed E-state index contributed by atoms with van der Waals surface area (Å²) in [6, 6.07) is 0. The molecule has 2 rings (SSSR count). The SMILES string of the molecule is CC1=CC[C@@H](/C(C)=C/c2csc(CO)n2)OC(=O)C[C@H](O)C(C)(C)C(=O)[C@H](C)[C@@H](O)[C@@H](C)CC=C1. The van der Waals surface area contributed by atoms with Crippen LogP contribution in [0.5, 0.6) is 0 Å². The number of aromatic nitrogens is 1. The minimum atomic E-state index is -1.26. The second kappa shape index (κ2) is 12.7. The van der Waals surface area contributed by atoms with Crippen molar-refractivity contribution in [3.63, 3.8) is 0 Å². The van der Waals surface area contributed by atoms with E-state index in [4.69, 9.17) is 4.74 Å². The zero-order chi connectivity index (χ0) is 26.3. The lowest BCUT2D eigenvalue weighted by molar-refractivity contribution is -0.154. The fourth-order valence-electron chi connectivity index (χ4n) is 4.10. The molecule has 0 aliphatic carbocycles. The van der Waals surface area contributed by atoms with Crippen molar-refractivity contribution in [2.24, 2.45) is 17.3 Å². The summed E-state index contributed by atoms with van der Waals surface area (Å²) in [6.07, 6.45) is 5.71. The summed E-state index contributed by atoms with van der Waals surface area (Å²) < 4.78 is 5.76. The van der Waals surface area contributed by atoms with Crippen LogP contribution >= 0.6 is 11.3 Å². The third-order valence-corrected chi connectivity index (χ3v) is 7.59. The maximum absolute atomic E-state index is 13.2. The van der Waals surface area contributed by atoms with Gasteiger partial charge in [0.15, 0.2) is 0 Å². The predicted octanol–water partition coefficient (Wildman–Crippen LogP) is 4.23. The molecule has 8 heteroatoms. The van der Waals surface area contributed by atoms with E-state index in [0.29, 0.717) is 23.5 Å². The van der Waals surface area contributed by atoms with Gasteiger partial charge in [-0.3, -0.25) is 9.59 Å². The largest absolute Gasteiger partial charge is 0.457 e. The third-order valence-electron chi connectivity index (χ3n) is 6.74. The van der Waals surface area contributed by atoms with Gasteiger partial charge in [0, 0.05) is 17.7 Å². The first-order valence-electron chi connectivity index (χ1n) is 12.0. The van der Waals surface area contributed by atoms with Gasteiger partial charge in [-0.2, -0.15) is 0 Å². The van der Waals surface area contributed by atoms with E-state index in [1.807, 2.05) is 50.5 Å². The normalized spacial score (nSPS) is 29.6. The van der Waals surface area contributed by atoms with Crippen LogP contribution in [0.25, 0.3) is 6.08 Å². The van der Waals surface area contributed by atoms with Crippen LogP contribution in [0, 0.1) is 17.3 Å². The summed E-state index contributed by atoms with van der Waals surface area (Å²) in [7, 11) is 0. The molecule has 0 radical (unpaired) electrons. The van der Waals surface area contributed by atoms with Gasteiger partial charge in [0.2, 0.25) is 0 Å². The molecule has 0 bridgehead atoms. The van der Waals surface area contributed by atoms with Crippen molar-refractivity contribution in [3.05, 3.63) is 45.5 Å². The number of carbonyl (C=O) groups is 2. The van der Waals surface area contributed by atoms with Crippen molar-refractivity contribution in [1.29, 1.82) is 0 Å². The minimum absolute atomic E-state index is 0.134. The highest BCUT2D eigenvalue weighted by Crippen LogP contribution is 2.32. The molecule has 0 saturated carbocycles. The van der Waals surface area contributed by atoms with Gasteiger partial charge in [0.25, 0.3) is 0 Å². The number of ether oxygens (including phenoxy) is 1. The fraction of sp³-hybridized carbons (Fsp3) is 0.593. The topological polar surface area (TPSA) is 117 Å². The molecule has 7 nitrogen and oxygen atoms in total. The number of nitrogens with zero attached hydrogens (tertiary/aromatic N) is 1. The summed E-state index contributed by atoms with van der Waals surface area (Å²) in [5, 5.41) is 33.2. The Morgan fingerprint density at radius 3 is 2.57 bits per heavy atom. The van der Waals surface area contributed by atoms with Gasteiger partial charge in [-0.25, -0.2) is 4.98 Å². The lowest BCUT2D eigenvalue weighted by Gasteiger charge is -2.34. The Morgan fingerprint density at radius 2 is 1.94 bits per heavy atom. The number of hydrogen-bond acceptors (Lipinski definition) is 8. The zero-order valence-electron chi connectivity index (χ0n) is 21.5. The van der Waals surface area contributed by atoms with Crippen molar-refractivity contribution in [1.82, 2.24) is 4.98 Å². The Bertz CT molecular complexity index is 976. The Kier molecular flexibility index (Phi) is 10.6. The molecule has 1 aliphatic rings. The van der Waals surface area contributed by atoms with Crippen molar-refractivity contribution < 1.29 is 29.6 Å². The first-order chi connectivity index (χ1) is 16.4. The van der Waals surface area contributed by atoms with Gasteiger partial charge in [-0.1, -0.05) is 51.5 Å². The minimum Gasteiger partial charge on any atom is -0.457 e. The van der Waals surface area contributed by atoms with E-state index in [9.17, 15) is 24.9 Å². The molecule has 0 aromatic carbocycles.